The molecule has 160 valence electrons. The molecule has 1 atom stereocenters. The second-order valence-corrected chi connectivity index (χ2v) is 10.5. The van der Waals surface area contributed by atoms with E-state index in [2.05, 4.69) is 110 Å². The van der Waals surface area contributed by atoms with Gasteiger partial charge in [0.2, 0.25) is 0 Å². The van der Waals surface area contributed by atoms with E-state index in [1.165, 1.54) is 50.1 Å². The second kappa shape index (κ2) is 7.56. The van der Waals surface area contributed by atoms with Gasteiger partial charge in [-0.3, -0.25) is 0 Å². The Bertz CT molecular complexity index is 1170. The predicted molar refractivity (Wildman–Crippen MR) is 135 cm³/mol. The highest BCUT2D eigenvalue weighted by Gasteiger charge is 2.38. The lowest BCUT2D eigenvalue weighted by atomic mass is 9.80. The second-order valence-electron chi connectivity index (χ2n) is 10.5. The first-order valence-electron chi connectivity index (χ1n) is 11.7. The summed E-state index contributed by atoms with van der Waals surface area (Å²) in [5.74, 6) is 6.92. The fourth-order valence-electron chi connectivity index (χ4n) is 5.28. The topological polar surface area (TPSA) is 0 Å². The lowest BCUT2D eigenvalue weighted by Gasteiger charge is -2.23. The third-order valence-corrected chi connectivity index (χ3v) is 7.78. The molecule has 2 aromatic carbocycles. The average Bonchev–Trinajstić information content (AvgIpc) is 3.08. The molecule has 0 heteroatoms. The van der Waals surface area contributed by atoms with Gasteiger partial charge in [0.1, 0.15) is 0 Å². The number of rotatable bonds is 2. The molecule has 0 N–H and O–H groups in total. The van der Waals surface area contributed by atoms with Crippen LogP contribution in [0.5, 0.6) is 0 Å². The summed E-state index contributed by atoms with van der Waals surface area (Å²) in [5, 5.41) is 0. The SMILES string of the molecule is CCC#CC(C)c1ccc2c(c1)C(C)(C)C(C)=C2/C=C1\Cc2ccc(C)cc2C1(C)C. The van der Waals surface area contributed by atoms with Gasteiger partial charge in [-0.15, -0.1) is 5.92 Å². The Morgan fingerprint density at radius 2 is 1.71 bits per heavy atom. The van der Waals surface area contributed by atoms with Crippen molar-refractivity contribution < 1.29 is 0 Å². The number of allylic oxidation sites excluding steroid dienone is 4. The maximum Gasteiger partial charge on any atom is 0.0424 e. The van der Waals surface area contributed by atoms with Crippen LogP contribution in [0.25, 0.3) is 5.57 Å². The molecule has 0 aromatic heterocycles. The summed E-state index contributed by atoms with van der Waals surface area (Å²) in [4.78, 5) is 0. The fourth-order valence-corrected chi connectivity index (χ4v) is 5.28. The Kier molecular flexibility index (Phi) is 5.29. The predicted octanol–water partition coefficient (Wildman–Crippen LogP) is 8.04. The molecule has 0 amide bonds. The fraction of sp³-hybridized carbons (Fsp3) is 0.419. The summed E-state index contributed by atoms with van der Waals surface area (Å²) in [5.41, 5.74) is 13.0. The van der Waals surface area contributed by atoms with Gasteiger partial charge in [0, 0.05) is 23.2 Å². The zero-order valence-electron chi connectivity index (χ0n) is 20.5. The maximum atomic E-state index is 3.40. The monoisotopic (exact) mass is 408 g/mol. The van der Waals surface area contributed by atoms with Crippen molar-refractivity contribution >= 4 is 5.57 Å². The molecular formula is C31H36. The van der Waals surface area contributed by atoms with Crippen LogP contribution in [-0.4, -0.2) is 0 Å². The molecule has 0 nitrogen and oxygen atoms in total. The third kappa shape index (κ3) is 3.49. The zero-order chi connectivity index (χ0) is 22.6. The van der Waals surface area contributed by atoms with Gasteiger partial charge in [-0.05, 0) is 60.6 Å². The van der Waals surface area contributed by atoms with E-state index in [1.54, 1.807) is 0 Å². The van der Waals surface area contributed by atoms with E-state index in [-0.39, 0.29) is 16.7 Å². The largest absolute Gasteiger partial charge is 0.103 e. The number of hydrogen-bond acceptors (Lipinski definition) is 0. The maximum absolute atomic E-state index is 3.40. The molecule has 1 unspecified atom stereocenters. The molecule has 2 aliphatic rings. The number of benzene rings is 2. The molecule has 0 fully saturated rings. The molecule has 0 saturated heterocycles. The summed E-state index contributed by atoms with van der Waals surface area (Å²) >= 11 is 0. The van der Waals surface area contributed by atoms with Crippen molar-refractivity contribution in [1.82, 2.24) is 0 Å². The van der Waals surface area contributed by atoms with Crippen molar-refractivity contribution in [1.29, 1.82) is 0 Å². The Morgan fingerprint density at radius 3 is 2.42 bits per heavy atom. The summed E-state index contributed by atoms with van der Waals surface area (Å²) in [6, 6.07) is 14.0. The van der Waals surface area contributed by atoms with Crippen molar-refractivity contribution in [2.75, 3.05) is 0 Å². The minimum absolute atomic E-state index is 0.0435. The quantitative estimate of drug-likeness (QED) is 0.441. The van der Waals surface area contributed by atoms with Crippen molar-refractivity contribution in [2.24, 2.45) is 0 Å². The normalized spacial score (nSPS) is 20.3. The van der Waals surface area contributed by atoms with Gasteiger partial charge in [0.05, 0.1) is 0 Å². The first-order valence-corrected chi connectivity index (χ1v) is 11.7. The molecule has 2 aromatic rings. The molecule has 31 heavy (non-hydrogen) atoms. The Hall–Kier alpha value is -2.52. The zero-order valence-corrected chi connectivity index (χ0v) is 20.5. The van der Waals surface area contributed by atoms with Gasteiger partial charge in [-0.1, -0.05) is 99.7 Å². The van der Waals surface area contributed by atoms with Crippen molar-refractivity contribution in [3.05, 3.63) is 87.0 Å². The van der Waals surface area contributed by atoms with Crippen molar-refractivity contribution in [3.8, 4) is 11.8 Å². The summed E-state index contributed by atoms with van der Waals surface area (Å²) in [6.07, 6.45) is 4.48. The first kappa shape index (κ1) is 21.7. The molecule has 0 bridgehead atoms. The molecule has 0 heterocycles. The van der Waals surface area contributed by atoms with Crippen LogP contribution < -0.4 is 0 Å². The molecule has 0 radical (unpaired) electrons. The van der Waals surface area contributed by atoms with Gasteiger partial charge < -0.3 is 0 Å². The standard InChI is InChI=1S/C31H36/c1-9-10-11-21(3)23-14-15-26-27(22(4)30(5,6)29(26)18-23)19-25-17-24-13-12-20(2)16-28(24)31(25,7)8/h12-16,18-19,21H,9,17H2,1-8H3/b25-19+. The summed E-state index contributed by atoms with van der Waals surface area (Å²) < 4.78 is 0. The summed E-state index contributed by atoms with van der Waals surface area (Å²) in [7, 11) is 0. The molecule has 4 rings (SSSR count). The van der Waals surface area contributed by atoms with Crippen LogP contribution in [0.3, 0.4) is 0 Å². The smallest absolute Gasteiger partial charge is 0.0424 e. The Balaban J connectivity index is 1.79. The number of aryl methyl sites for hydroxylation is 1. The molecule has 2 aliphatic carbocycles. The number of hydrogen-bond donors (Lipinski definition) is 0. The number of fused-ring (bicyclic) bond motifs is 2. The van der Waals surface area contributed by atoms with Gasteiger partial charge in [0.15, 0.2) is 0 Å². The van der Waals surface area contributed by atoms with Gasteiger partial charge >= 0.3 is 0 Å². The molecule has 0 aliphatic heterocycles. The van der Waals surface area contributed by atoms with Gasteiger partial charge in [-0.25, -0.2) is 0 Å². The molecule has 0 spiro atoms. The van der Waals surface area contributed by atoms with Crippen LogP contribution in [0.4, 0.5) is 0 Å². The van der Waals surface area contributed by atoms with Crippen LogP contribution in [-0.2, 0) is 17.3 Å². The Morgan fingerprint density at radius 1 is 0.968 bits per heavy atom. The highest BCUT2D eigenvalue weighted by molar-refractivity contribution is 5.87. The summed E-state index contributed by atoms with van der Waals surface area (Å²) in [6.45, 7) is 18.4. The van der Waals surface area contributed by atoms with E-state index in [4.69, 9.17) is 0 Å². The molecule has 0 saturated carbocycles. The van der Waals surface area contributed by atoms with Crippen LogP contribution in [0, 0.1) is 18.8 Å². The average molecular weight is 409 g/mol. The van der Waals surface area contributed by atoms with Crippen LogP contribution in [0.2, 0.25) is 0 Å². The highest BCUT2D eigenvalue weighted by atomic mass is 14.4. The van der Waals surface area contributed by atoms with Crippen molar-refractivity contribution in [3.63, 3.8) is 0 Å². The van der Waals surface area contributed by atoms with E-state index < -0.39 is 0 Å². The third-order valence-electron chi connectivity index (χ3n) is 7.78. The van der Waals surface area contributed by atoms with E-state index in [1.807, 2.05) is 0 Å². The van der Waals surface area contributed by atoms with Crippen LogP contribution in [0.15, 0.2) is 53.6 Å². The van der Waals surface area contributed by atoms with Crippen LogP contribution in [0.1, 0.15) is 94.2 Å². The highest BCUT2D eigenvalue weighted by Crippen LogP contribution is 2.50. The van der Waals surface area contributed by atoms with Gasteiger partial charge in [-0.2, -0.15) is 0 Å². The minimum atomic E-state index is 0.0435. The van der Waals surface area contributed by atoms with E-state index in [0.717, 1.165) is 12.8 Å². The molecular weight excluding hydrogens is 372 g/mol. The van der Waals surface area contributed by atoms with Crippen molar-refractivity contribution in [2.45, 2.75) is 85.0 Å². The van der Waals surface area contributed by atoms with E-state index >= 15 is 0 Å². The first-order chi connectivity index (χ1) is 14.6. The minimum Gasteiger partial charge on any atom is -0.103 e. The lowest BCUT2D eigenvalue weighted by molar-refractivity contribution is 0.636. The Labute approximate surface area is 189 Å². The van der Waals surface area contributed by atoms with E-state index in [0.29, 0.717) is 0 Å². The van der Waals surface area contributed by atoms with Gasteiger partial charge in [0.25, 0.3) is 0 Å². The lowest BCUT2D eigenvalue weighted by Crippen LogP contribution is -2.16. The van der Waals surface area contributed by atoms with Crippen LogP contribution >= 0.6 is 0 Å². The van der Waals surface area contributed by atoms with E-state index in [9.17, 15) is 0 Å².